The maximum Gasteiger partial charge on any atom is 0.262 e. The summed E-state index contributed by atoms with van der Waals surface area (Å²) in [5.74, 6) is -2.66. The van der Waals surface area contributed by atoms with Crippen LogP contribution in [-0.2, 0) is 20.4 Å². The Morgan fingerprint density at radius 3 is 2.43 bits per heavy atom. The molecule has 8 nitrogen and oxygen atoms in total. The second kappa shape index (κ2) is 9.04. The highest BCUT2D eigenvalue weighted by Crippen LogP contribution is 2.40. The number of hydrogen-bond acceptors (Lipinski definition) is 7. The quantitative estimate of drug-likeness (QED) is 0.386. The Kier molecular flexibility index (Phi) is 5.91. The number of hydrogen-bond donors (Lipinski definition) is 2. The molecule has 4 aromatic rings. The van der Waals surface area contributed by atoms with Crippen molar-refractivity contribution in [3.05, 3.63) is 88.3 Å². The molecule has 0 spiro atoms. The van der Waals surface area contributed by atoms with Crippen molar-refractivity contribution in [2.45, 2.75) is 15.5 Å². The molecule has 1 amide bonds. The van der Waals surface area contributed by atoms with Gasteiger partial charge in [-0.25, -0.2) is 17.2 Å². The minimum atomic E-state index is -4.07. The summed E-state index contributed by atoms with van der Waals surface area (Å²) in [6.45, 7) is 0. The molecule has 0 fully saturated rings. The molecule has 35 heavy (non-hydrogen) atoms. The molecule has 1 aliphatic rings. The van der Waals surface area contributed by atoms with Crippen LogP contribution in [0.15, 0.2) is 75.4 Å². The first-order chi connectivity index (χ1) is 16.8. The number of benzene rings is 3. The van der Waals surface area contributed by atoms with E-state index in [1.165, 1.54) is 30.0 Å². The number of aromatic nitrogens is 4. The number of rotatable bonds is 5. The molecular weight excluding hydrogens is 496 g/mol. The summed E-state index contributed by atoms with van der Waals surface area (Å²) in [4.78, 5) is 13.6. The third-order valence-corrected chi connectivity index (χ3v) is 7.95. The Morgan fingerprint density at radius 1 is 1.00 bits per heavy atom. The van der Waals surface area contributed by atoms with Gasteiger partial charge in [-0.05, 0) is 47.2 Å². The van der Waals surface area contributed by atoms with E-state index < -0.39 is 38.7 Å². The van der Waals surface area contributed by atoms with E-state index in [9.17, 15) is 22.0 Å². The molecule has 0 atom stereocenters. The van der Waals surface area contributed by atoms with Crippen LogP contribution in [0.4, 0.5) is 14.5 Å². The van der Waals surface area contributed by atoms with Gasteiger partial charge in [-0.15, -0.1) is 10.2 Å². The monoisotopic (exact) mass is 511 g/mol. The van der Waals surface area contributed by atoms with Gasteiger partial charge in [0.25, 0.3) is 5.91 Å². The predicted octanol–water partition coefficient (Wildman–Crippen LogP) is 4.20. The number of nitrogens with one attached hydrogen (secondary N) is 2. The van der Waals surface area contributed by atoms with Crippen LogP contribution < -0.4 is 5.32 Å². The van der Waals surface area contributed by atoms with Gasteiger partial charge in [-0.3, -0.25) is 4.79 Å². The zero-order chi connectivity index (χ0) is 24.6. The summed E-state index contributed by atoms with van der Waals surface area (Å²) in [7, 11) is -4.07. The van der Waals surface area contributed by atoms with Crippen LogP contribution >= 0.6 is 11.8 Å². The minimum absolute atomic E-state index is 0.149. The molecular formula is C23H15F2N5O3S2. The van der Waals surface area contributed by atoms with Crippen LogP contribution in [0.25, 0.3) is 17.5 Å². The molecule has 0 saturated carbocycles. The predicted molar refractivity (Wildman–Crippen MR) is 126 cm³/mol. The first-order valence-corrected chi connectivity index (χ1v) is 12.6. The number of aromatic amines is 1. The summed E-state index contributed by atoms with van der Waals surface area (Å²) < 4.78 is 53.5. The van der Waals surface area contributed by atoms with E-state index in [0.717, 1.165) is 23.3 Å². The number of H-pyrrole nitrogens is 1. The average molecular weight is 512 g/mol. The van der Waals surface area contributed by atoms with Crippen LogP contribution in [0.2, 0.25) is 0 Å². The van der Waals surface area contributed by atoms with Gasteiger partial charge in [-0.2, -0.15) is 5.21 Å². The van der Waals surface area contributed by atoms with Crippen molar-refractivity contribution in [1.82, 2.24) is 20.6 Å². The topological polar surface area (TPSA) is 118 Å². The number of sulfone groups is 1. The van der Waals surface area contributed by atoms with E-state index in [1.807, 2.05) is 0 Å². The SMILES string of the molecule is O=C1Nc2cc(S(=O)(=O)Cc3c(F)cccc3F)ccc2SC1=Cc1ccc(-c2nn[nH]n2)cc1. The van der Waals surface area contributed by atoms with Crippen molar-refractivity contribution in [3.63, 3.8) is 0 Å². The lowest BCUT2D eigenvalue weighted by Gasteiger charge is -2.19. The van der Waals surface area contributed by atoms with Gasteiger partial charge < -0.3 is 5.32 Å². The Bertz CT molecular complexity index is 1550. The van der Waals surface area contributed by atoms with Crippen LogP contribution in [0.5, 0.6) is 0 Å². The third kappa shape index (κ3) is 4.70. The van der Waals surface area contributed by atoms with Gasteiger partial charge in [0, 0.05) is 16.0 Å². The lowest BCUT2D eigenvalue weighted by Crippen LogP contribution is -2.18. The van der Waals surface area contributed by atoms with Gasteiger partial charge in [0.2, 0.25) is 5.82 Å². The first-order valence-electron chi connectivity index (χ1n) is 10.1. The van der Waals surface area contributed by atoms with Crippen LogP contribution in [0, 0.1) is 11.6 Å². The van der Waals surface area contributed by atoms with Gasteiger partial charge >= 0.3 is 0 Å². The number of carbonyl (C=O) groups is 1. The molecule has 176 valence electrons. The maximum atomic E-state index is 14.0. The third-order valence-electron chi connectivity index (χ3n) is 5.21. The molecule has 2 heterocycles. The zero-order valence-corrected chi connectivity index (χ0v) is 19.3. The molecule has 0 saturated heterocycles. The van der Waals surface area contributed by atoms with Crippen LogP contribution in [0.3, 0.4) is 0 Å². The summed E-state index contributed by atoms with van der Waals surface area (Å²) in [5, 5.41) is 16.4. The Hall–Kier alpha value is -3.90. The molecule has 12 heteroatoms. The molecule has 0 radical (unpaired) electrons. The standard InChI is InChI=1S/C23H15F2N5O3S2/c24-17-2-1-3-18(25)16(17)12-35(32,33)15-8-9-20-19(11-15)26-23(31)21(34-20)10-13-4-6-14(7-5-13)22-27-29-30-28-22/h1-11H,12H2,(H,26,31)(H,27,28,29,30). The summed E-state index contributed by atoms with van der Waals surface area (Å²) in [5.41, 5.74) is 1.30. The molecule has 0 bridgehead atoms. The molecule has 3 aromatic carbocycles. The van der Waals surface area contributed by atoms with Gasteiger partial charge in [0.1, 0.15) is 11.6 Å². The summed E-state index contributed by atoms with van der Waals surface area (Å²) in [6, 6.07) is 14.6. The summed E-state index contributed by atoms with van der Waals surface area (Å²) in [6.07, 6.45) is 1.70. The number of nitrogens with zero attached hydrogens (tertiary/aromatic N) is 3. The van der Waals surface area contributed by atoms with E-state index >= 15 is 0 Å². The Balaban J connectivity index is 1.38. The number of fused-ring (bicyclic) bond motifs is 1. The molecule has 2 N–H and O–H groups in total. The van der Waals surface area contributed by atoms with E-state index in [1.54, 1.807) is 36.4 Å². The molecule has 0 aliphatic carbocycles. The lowest BCUT2D eigenvalue weighted by molar-refractivity contribution is -0.112. The highest BCUT2D eigenvalue weighted by Gasteiger charge is 2.25. The molecule has 0 unspecified atom stereocenters. The largest absolute Gasteiger partial charge is 0.320 e. The maximum absolute atomic E-state index is 14.0. The Morgan fingerprint density at radius 2 is 1.74 bits per heavy atom. The van der Waals surface area contributed by atoms with Crippen molar-refractivity contribution in [3.8, 4) is 11.4 Å². The molecule has 5 rings (SSSR count). The number of anilines is 1. The Labute approximate surface area is 202 Å². The smallest absolute Gasteiger partial charge is 0.262 e. The van der Waals surface area contributed by atoms with Crippen molar-refractivity contribution in [2.24, 2.45) is 0 Å². The van der Waals surface area contributed by atoms with Crippen molar-refractivity contribution >= 4 is 39.3 Å². The first kappa shape index (κ1) is 22.9. The zero-order valence-electron chi connectivity index (χ0n) is 17.7. The van der Waals surface area contributed by atoms with E-state index in [-0.39, 0.29) is 4.90 Å². The average Bonchev–Trinajstić information content (AvgIpc) is 3.37. The number of halogens is 2. The van der Waals surface area contributed by atoms with E-state index in [4.69, 9.17) is 0 Å². The number of carbonyl (C=O) groups excluding carboxylic acids is 1. The normalized spacial score (nSPS) is 14.6. The van der Waals surface area contributed by atoms with Crippen molar-refractivity contribution in [2.75, 3.05) is 5.32 Å². The molecule has 1 aliphatic heterocycles. The van der Waals surface area contributed by atoms with Crippen LogP contribution in [-0.4, -0.2) is 34.9 Å². The molecule has 1 aromatic heterocycles. The van der Waals surface area contributed by atoms with Gasteiger partial charge in [-0.1, -0.05) is 42.1 Å². The fourth-order valence-electron chi connectivity index (χ4n) is 3.44. The lowest BCUT2D eigenvalue weighted by atomic mass is 10.1. The number of tetrazole rings is 1. The van der Waals surface area contributed by atoms with E-state index in [2.05, 4.69) is 25.9 Å². The number of amides is 1. The highest BCUT2D eigenvalue weighted by molar-refractivity contribution is 8.04. The van der Waals surface area contributed by atoms with Crippen LogP contribution in [0.1, 0.15) is 11.1 Å². The van der Waals surface area contributed by atoms with Gasteiger partial charge in [0.15, 0.2) is 9.84 Å². The fourth-order valence-corrected chi connectivity index (χ4v) is 5.77. The fraction of sp³-hybridized carbons (Fsp3) is 0.0435. The summed E-state index contributed by atoms with van der Waals surface area (Å²) >= 11 is 1.18. The highest BCUT2D eigenvalue weighted by atomic mass is 32.2. The van der Waals surface area contributed by atoms with Crippen molar-refractivity contribution in [1.29, 1.82) is 0 Å². The second-order valence-electron chi connectivity index (χ2n) is 7.54. The minimum Gasteiger partial charge on any atom is -0.320 e. The number of thioether (sulfide) groups is 1. The van der Waals surface area contributed by atoms with Crippen molar-refractivity contribution < 1.29 is 22.0 Å². The van der Waals surface area contributed by atoms with Gasteiger partial charge in [0.05, 0.1) is 21.2 Å². The van der Waals surface area contributed by atoms with E-state index in [0.29, 0.717) is 21.3 Å². The second-order valence-corrected chi connectivity index (χ2v) is 10.6.